The molecule has 10 heteroatoms. The number of esters is 1. The van der Waals surface area contributed by atoms with Crippen molar-refractivity contribution < 1.29 is 14.3 Å². The minimum absolute atomic E-state index is 0.161. The number of tetrazole rings is 1. The largest absolute Gasteiger partial charge is 0.463 e. The highest BCUT2D eigenvalue weighted by Gasteiger charge is 2.25. The Kier molecular flexibility index (Phi) is 5.90. The summed E-state index contributed by atoms with van der Waals surface area (Å²) >= 11 is 1.41. The number of nitrogens with zero attached hydrogens (tertiary/aromatic N) is 4. The van der Waals surface area contributed by atoms with Crippen molar-refractivity contribution in [2.45, 2.75) is 50.2 Å². The second-order valence-corrected chi connectivity index (χ2v) is 6.91. The highest BCUT2D eigenvalue weighted by molar-refractivity contribution is 7.99. The van der Waals surface area contributed by atoms with Crippen molar-refractivity contribution >= 4 is 23.8 Å². The van der Waals surface area contributed by atoms with E-state index in [9.17, 15) is 9.59 Å². The van der Waals surface area contributed by atoms with Crippen molar-refractivity contribution in [2.75, 3.05) is 18.9 Å². The smallest absolute Gasteiger partial charge is 0.337 e. The van der Waals surface area contributed by atoms with E-state index in [1.807, 2.05) is 4.68 Å². The molecule has 0 spiro atoms. The summed E-state index contributed by atoms with van der Waals surface area (Å²) in [6.07, 6.45) is 5.80. The molecule has 3 rings (SSSR count). The number of thioether (sulfide) groups is 1. The lowest BCUT2D eigenvalue weighted by molar-refractivity contribution is -0.138. The maximum absolute atomic E-state index is 12.1. The molecule has 136 valence electrons. The Hall–Kier alpha value is -2.10. The zero-order chi connectivity index (χ0) is 17.6. The topological polar surface area (TPSA) is 111 Å². The van der Waals surface area contributed by atoms with E-state index in [0.29, 0.717) is 28.2 Å². The minimum atomic E-state index is -0.419. The fourth-order valence-corrected chi connectivity index (χ4v) is 3.97. The molecule has 2 amide bonds. The first-order valence-corrected chi connectivity index (χ1v) is 9.52. The molecule has 1 saturated carbocycles. The number of amides is 2. The monoisotopic (exact) mass is 366 g/mol. The van der Waals surface area contributed by atoms with Crippen LogP contribution in [-0.2, 0) is 9.53 Å². The van der Waals surface area contributed by atoms with Crippen molar-refractivity contribution in [2.24, 2.45) is 0 Å². The number of hydrogen-bond acceptors (Lipinski definition) is 7. The Balaban J connectivity index is 1.71. The molecule has 1 aromatic rings. The number of nitrogens with one attached hydrogen (secondary N) is 2. The van der Waals surface area contributed by atoms with Gasteiger partial charge in [-0.05, 0) is 30.2 Å². The van der Waals surface area contributed by atoms with E-state index in [0.717, 1.165) is 12.8 Å². The molecule has 1 aliphatic heterocycles. The Labute approximate surface area is 149 Å². The number of aromatic nitrogens is 4. The van der Waals surface area contributed by atoms with Crippen molar-refractivity contribution in [1.82, 2.24) is 30.8 Å². The first-order chi connectivity index (χ1) is 12.2. The second-order valence-electron chi connectivity index (χ2n) is 5.97. The van der Waals surface area contributed by atoms with Crippen LogP contribution in [0.15, 0.2) is 16.4 Å². The van der Waals surface area contributed by atoms with Gasteiger partial charge in [0.2, 0.25) is 5.16 Å². The number of ether oxygens (including phenoxy) is 1. The van der Waals surface area contributed by atoms with Gasteiger partial charge in [-0.1, -0.05) is 31.0 Å². The van der Waals surface area contributed by atoms with E-state index in [2.05, 4.69) is 26.2 Å². The molecule has 9 nitrogen and oxygen atoms in total. The Morgan fingerprint density at radius 2 is 2.16 bits per heavy atom. The van der Waals surface area contributed by atoms with Gasteiger partial charge < -0.3 is 15.4 Å². The lowest BCUT2D eigenvalue weighted by atomic mass is 9.96. The van der Waals surface area contributed by atoms with Gasteiger partial charge in [0.05, 0.1) is 24.8 Å². The summed E-state index contributed by atoms with van der Waals surface area (Å²) in [6, 6.07) is 0.00268. The summed E-state index contributed by atoms with van der Waals surface area (Å²) in [6.45, 7) is 2.20. The van der Waals surface area contributed by atoms with Gasteiger partial charge in [-0.3, -0.25) is 0 Å². The van der Waals surface area contributed by atoms with Crippen molar-refractivity contribution in [1.29, 1.82) is 0 Å². The van der Waals surface area contributed by atoms with Crippen molar-refractivity contribution in [3.05, 3.63) is 11.3 Å². The van der Waals surface area contributed by atoms with Crippen LogP contribution < -0.4 is 10.6 Å². The maximum atomic E-state index is 12.1. The van der Waals surface area contributed by atoms with Crippen LogP contribution in [0.1, 0.15) is 45.1 Å². The van der Waals surface area contributed by atoms with Crippen LogP contribution in [0.5, 0.6) is 0 Å². The van der Waals surface area contributed by atoms with Crippen LogP contribution in [0.3, 0.4) is 0 Å². The standard InChI is InChI=1S/C15H22N6O3S/c1-2-24-13(22)11-8-16-14(23)17-12(11)9-25-15-18-19-20-21(15)10-6-4-3-5-7-10/h10H,2-9H2,1H3,(H2,16,17,23). The highest BCUT2D eigenvalue weighted by Crippen LogP contribution is 2.30. The molecule has 2 aliphatic rings. The van der Waals surface area contributed by atoms with E-state index in [1.54, 1.807) is 6.92 Å². The SMILES string of the molecule is CCOC(=O)C1=C(CSc2nnnn2C2CCCCC2)NC(=O)NC1. The molecule has 2 heterocycles. The van der Waals surface area contributed by atoms with Crippen molar-refractivity contribution in [3.8, 4) is 0 Å². The molecule has 0 radical (unpaired) electrons. The van der Waals surface area contributed by atoms with Gasteiger partial charge >= 0.3 is 12.0 Å². The highest BCUT2D eigenvalue weighted by atomic mass is 32.2. The lowest BCUT2D eigenvalue weighted by Crippen LogP contribution is -2.44. The molecule has 25 heavy (non-hydrogen) atoms. The molecule has 1 aromatic heterocycles. The molecular formula is C15H22N6O3S. The average Bonchev–Trinajstić information content (AvgIpc) is 3.09. The van der Waals surface area contributed by atoms with Crippen LogP contribution in [0.25, 0.3) is 0 Å². The molecular weight excluding hydrogens is 344 g/mol. The third-order valence-corrected chi connectivity index (χ3v) is 5.26. The van der Waals surface area contributed by atoms with Gasteiger partial charge in [0.1, 0.15) is 0 Å². The average molecular weight is 366 g/mol. The summed E-state index contributed by atoms with van der Waals surface area (Å²) in [5, 5.41) is 18.0. The van der Waals surface area contributed by atoms with Crippen LogP contribution in [-0.4, -0.2) is 51.1 Å². The Morgan fingerprint density at radius 1 is 1.36 bits per heavy atom. The van der Waals surface area contributed by atoms with Crippen LogP contribution in [0, 0.1) is 0 Å². The third kappa shape index (κ3) is 4.30. The molecule has 0 unspecified atom stereocenters. The molecule has 0 bridgehead atoms. The molecule has 1 fully saturated rings. The summed E-state index contributed by atoms with van der Waals surface area (Å²) in [7, 11) is 0. The molecule has 0 aromatic carbocycles. The quantitative estimate of drug-likeness (QED) is 0.578. The van der Waals surface area contributed by atoms with Gasteiger partial charge in [0.25, 0.3) is 0 Å². The fourth-order valence-electron chi connectivity index (χ4n) is 3.04. The van der Waals surface area contributed by atoms with Crippen LogP contribution in [0.4, 0.5) is 4.79 Å². The van der Waals surface area contributed by atoms with Gasteiger partial charge in [-0.25, -0.2) is 14.3 Å². The van der Waals surface area contributed by atoms with E-state index in [4.69, 9.17) is 4.74 Å². The summed E-state index contributed by atoms with van der Waals surface area (Å²) in [4.78, 5) is 23.7. The van der Waals surface area contributed by atoms with Crippen LogP contribution >= 0.6 is 11.8 Å². The summed E-state index contributed by atoms with van der Waals surface area (Å²) in [5.41, 5.74) is 0.982. The number of urea groups is 1. The lowest BCUT2D eigenvalue weighted by Gasteiger charge is -2.23. The minimum Gasteiger partial charge on any atom is -0.463 e. The first kappa shape index (κ1) is 17.7. The van der Waals surface area contributed by atoms with E-state index < -0.39 is 5.97 Å². The van der Waals surface area contributed by atoms with Gasteiger partial charge in [0, 0.05) is 11.4 Å². The van der Waals surface area contributed by atoms with E-state index in [1.165, 1.54) is 31.0 Å². The molecule has 0 saturated heterocycles. The normalized spacial score (nSPS) is 18.7. The zero-order valence-corrected chi connectivity index (χ0v) is 15.0. The summed E-state index contributed by atoms with van der Waals surface area (Å²) < 4.78 is 6.93. The van der Waals surface area contributed by atoms with Gasteiger partial charge in [0.15, 0.2) is 0 Å². The maximum Gasteiger partial charge on any atom is 0.337 e. The Morgan fingerprint density at radius 3 is 2.92 bits per heavy atom. The predicted octanol–water partition coefficient (Wildman–Crippen LogP) is 1.40. The van der Waals surface area contributed by atoms with Crippen LogP contribution in [0.2, 0.25) is 0 Å². The van der Waals surface area contributed by atoms with E-state index in [-0.39, 0.29) is 19.2 Å². The van der Waals surface area contributed by atoms with Gasteiger partial charge in [-0.15, -0.1) is 5.10 Å². The van der Waals surface area contributed by atoms with E-state index >= 15 is 0 Å². The molecule has 2 N–H and O–H groups in total. The zero-order valence-electron chi connectivity index (χ0n) is 14.2. The first-order valence-electron chi connectivity index (χ1n) is 8.53. The predicted molar refractivity (Wildman–Crippen MR) is 90.9 cm³/mol. The second kappa shape index (κ2) is 8.32. The number of hydrogen-bond donors (Lipinski definition) is 2. The van der Waals surface area contributed by atoms with Crippen molar-refractivity contribution in [3.63, 3.8) is 0 Å². The number of rotatable bonds is 6. The fraction of sp³-hybridized carbons (Fsp3) is 0.667. The third-order valence-electron chi connectivity index (χ3n) is 4.31. The number of carbonyl (C=O) groups excluding carboxylic acids is 2. The summed E-state index contributed by atoms with van der Waals surface area (Å²) in [5.74, 6) is -0.0215. The molecule has 0 atom stereocenters. The van der Waals surface area contributed by atoms with Gasteiger partial charge in [-0.2, -0.15) is 0 Å². The Bertz CT molecular complexity index is 668. The number of carbonyl (C=O) groups is 2. The molecule has 1 aliphatic carbocycles.